The minimum atomic E-state index is -0.815. The normalized spacial score (nSPS) is 13.2. The summed E-state index contributed by atoms with van der Waals surface area (Å²) < 4.78 is 11.2. The van der Waals surface area contributed by atoms with E-state index in [1.54, 1.807) is 18.2 Å². The molecule has 0 amide bonds. The van der Waals surface area contributed by atoms with Gasteiger partial charge in [0.05, 0.1) is 18.2 Å². The topological polar surface area (TPSA) is 112 Å². The van der Waals surface area contributed by atoms with E-state index >= 15 is 0 Å². The number of nitriles is 1. The Kier molecular flexibility index (Phi) is 7.92. The molecule has 0 radical (unpaired) electrons. The third kappa shape index (κ3) is 5.45. The molecule has 166 valence electrons. The van der Waals surface area contributed by atoms with Gasteiger partial charge >= 0.3 is 35.5 Å². The molecule has 0 fully saturated rings. The molecular weight excluding hydrogens is 431 g/mol. The van der Waals surface area contributed by atoms with Crippen molar-refractivity contribution in [1.82, 2.24) is 15.0 Å². The van der Waals surface area contributed by atoms with Crippen molar-refractivity contribution in [3.05, 3.63) is 52.6 Å². The third-order valence-electron chi connectivity index (χ3n) is 5.50. The van der Waals surface area contributed by atoms with Crippen molar-refractivity contribution in [2.45, 2.75) is 39.8 Å². The van der Waals surface area contributed by atoms with Gasteiger partial charge in [0.1, 0.15) is 11.8 Å². The van der Waals surface area contributed by atoms with Crippen molar-refractivity contribution in [1.29, 1.82) is 5.26 Å². The second-order valence-corrected chi connectivity index (χ2v) is 8.14. The molecule has 0 unspecified atom stereocenters. The number of carboxylic acid groups (broad SMARTS) is 1. The van der Waals surface area contributed by atoms with Gasteiger partial charge in [-0.25, -0.2) is 0 Å². The summed E-state index contributed by atoms with van der Waals surface area (Å²) >= 11 is 0. The van der Waals surface area contributed by atoms with E-state index in [0.29, 0.717) is 41.7 Å². The van der Waals surface area contributed by atoms with Crippen LogP contribution in [0.5, 0.6) is 5.75 Å². The number of carboxylic acids is 1. The zero-order valence-electron chi connectivity index (χ0n) is 18.3. The summed E-state index contributed by atoms with van der Waals surface area (Å²) in [5.41, 5.74) is 5.34. The van der Waals surface area contributed by atoms with Gasteiger partial charge < -0.3 is 14.4 Å². The van der Waals surface area contributed by atoms with Crippen LogP contribution in [0.1, 0.15) is 36.1 Å². The molecular formula is C24H25N4NaO4. The molecule has 1 N–H and O–H groups in total. The first-order valence-corrected chi connectivity index (χ1v) is 10.5. The van der Waals surface area contributed by atoms with Crippen LogP contribution in [0.2, 0.25) is 0 Å². The summed E-state index contributed by atoms with van der Waals surface area (Å²) in [6.45, 7) is 7.20. The Morgan fingerprint density at radius 2 is 2.12 bits per heavy atom. The first-order valence-electron chi connectivity index (χ1n) is 10.5. The van der Waals surface area contributed by atoms with Crippen molar-refractivity contribution in [2.75, 3.05) is 13.1 Å². The summed E-state index contributed by atoms with van der Waals surface area (Å²) in [6.07, 6.45) is 0.738. The van der Waals surface area contributed by atoms with Crippen molar-refractivity contribution < 1.29 is 19.2 Å². The van der Waals surface area contributed by atoms with Gasteiger partial charge in [-0.2, -0.15) is 10.2 Å². The van der Waals surface area contributed by atoms with Crippen molar-refractivity contribution in [3.63, 3.8) is 0 Å². The van der Waals surface area contributed by atoms with Gasteiger partial charge in [0, 0.05) is 24.2 Å². The number of hydrogen-bond donors (Lipinski definition) is 1. The van der Waals surface area contributed by atoms with Crippen LogP contribution >= 0.6 is 0 Å². The Morgan fingerprint density at radius 1 is 1.33 bits per heavy atom. The van der Waals surface area contributed by atoms with E-state index < -0.39 is 5.97 Å². The molecule has 1 aromatic heterocycles. The number of ether oxygens (including phenoxy) is 1. The first-order chi connectivity index (χ1) is 15.4. The zero-order chi connectivity index (χ0) is 22.8. The van der Waals surface area contributed by atoms with Gasteiger partial charge in [0.25, 0.3) is 5.89 Å². The van der Waals surface area contributed by atoms with Crippen LogP contribution in [0.25, 0.3) is 22.8 Å². The molecule has 0 aliphatic carbocycles. The van der Waals surface area contributed by atoms with Crippen molar-refractivity contribution >= 4 is 35.5 Å². The molecule has 3 aromatic rings. The summed E-state index contributed by atoms with van der Waals surface area (Å²) in [4.78, 5) is 17.5. The van der Waals surface area contributed by atoms with Crippen LogP contribution < -0.4 is 4.74 Å². The second-order valence-electron chi connectivity index (χ2n) is 8.14. The molecule has 2 heterocycles. The average Bonchev–Trinajstić information content (AvgIpc) is 3.23. The molecule has 1 aliphatic heterocycles. The van der Waals surface area contributed by atoms with E-state index in [9.17, 15) is 10.1 Å². The Hall–Kier alpha value is -2.70. The quantitative estimate of drug-likeness (QED) is 0.563. The van der Waals surface area contributed by atoms with Gasteiger partial charge in [0.2, 0.25) is 5.82 Å². The second kappa shape index (κ2) is 10.5. The third-order valence-corrected chi connectivity index (χ3v) is 5.50. The molecule has 9 heteroatoms. The Balaban J connectivity index is 0.00000306. The fraction of sp³-hybridized carbons (Fsp3) is 0.333. The number of benzene rings is 2. The van der Waals surface area contributed by atoms with E-state index in [1.165, 1.54) is 5.56 Å². The fourth-order valence-corrected chi connectivity index (χ4v) is 4.02. The van der Waals surface area contributed by atoms with Crippen LogP contribution in [0, 0.1) is 18.3 Å². The molecule has 8 nitrogen and oxygen atoms in total. The monoisotopic (exact) mass is 456 g/mol. The van der Waals surface area contributed by atoms with Gasteiger partial charge in [-0.15, -0.1) is 0 Å². The summed E-state index contributed by atoms with van der Waals surface area (Å²) in [5.74, 6) is 0.518. The average molecular weight is 456 g/mol. The van der Waals surface area contributed by atoms with Crippen LogP contribution in [0.15, 0.2) is 34.9 Å². The van der Waals surface area contributed by atoms with Gasteiger partial charge in [-0.3, -0.25) is 9.69 Å². The van der Waals surface area contributed by atoms with Crippen LogP contribution in [0.4, 0.5) is 0 Å². The van der Waals surface area contributed by atoms with Crippen LogP contribution in [0.3, 0.4) is 0 Å². The molecule has 4 rings (SSSR count). The maximum atomic E-state index is 11.0. The summed E-state index contributed by atoms with van der Waals surface area (Å²) in [5, 5.41) is 22.7. The first kappa shape index (κ1) is 24.9. The molecule has 0 atom stereocenters. The number of carbonyl (C=O) groups is 1. The number of aromatic nitrogens is 2. The fourth-order valence-electron chi connectivity index (χ4n) is 4.02. The number of rotatable bonds is 6. The minimum absolute atomic E-state index is 0. The number of nitrogens with zero attached hydrogens (tertiary/aromatic N) is 4. The Labute approximate surface area is 214 Å². The standard InChI is InChI=1S/C24H24N4O4.Na.H/c1-14(2)31-21-7-5-16(10-18(21)11-25)24-26-23(27-32-24)20-6-4-17-12-28(13-22(29)30)9-8-19(17)15(20)3;;/h4-7,10,14H,8-9,12-13H2,1-3H3,(H,29,30);;. The summed E-state index contributed by atoms with van der Waals surface area (Å²) in [7, 11) is 0. The van der Waals surface area contributed by atoms with Gasteiger partial charge in [-0.05, 0) is 62.1 Å². The van der Waals surface area contributed by atoms with Gasteiger partial charge in [-0.1, -0.05) is 17.3 Å². The number of fused-ring (bicyclic) bond motifs is 1. The molecule has 0 bridgehead atoms. The summed E-state index contributed by atoms with van der Waals surface area (Å²) in [6, 6.07) is 11.3. The van der Waals surface area contributed by atoms with E-state index in [1.807, 2.05) is 37.8 Å². The number of hydrogen-bond acceptors (Lipinski definition) is 7. The molecule has 0 saturated carbocycles. The van der Waals surface area contributed by atoms with Crippen molar-refractivity contribution in [2.24, 2.45) is 0 Å². The van der Waals surface area contributed by atoms with E-state index in [-0.39, 0.29) is 42.2 Å². The molecule has 0 spiro atoms. The van der Waals surface area contributed by atoms with E-state index in [2.05, 4.69) is 16.2 Å². The van der Waals surface area contributed by atoms with E-state index in [4.69, 9.17) is 14.4 Å². The predicted molar refractivity (Wildman–Crippen MR) is 124 cm³/mol. The van der Waals surface area contributed by atoms with Gasteiger partial charge in [0.15, 0.2) is 0 Å². The van der Waals surface area contributed by atoms with Crippen LogP contribution in [-0.2, 0) is 17.8 Å². The van der Waals surface area contributed by atoms with E-state index in [0.717, 1.165) is 23.1 Å². The molecule has 0 saturated heterocycles. The number of aliphatic carboxylic acids is 1. The molecule has 2 aromatic carbocycles. The Morgan fingerprint density at radius 3 is 2.82 bits per heavy atom. The van der Waals surface area contributed by atoms with Crippen LogP contribution in [-0.4, -0.2) is 74.9 Å². The molecule has 33 heavy (non-hydrogen) atoms. The molecule has 1 aliphatic rings. The zero-order valence-corrected chi connectivity index (χ0v) is 18.3. The SMILES string of the molecule is Cc1c(-c2noc(-c3ccc(OC(C)C)c(C#N)c3)n2)ccc2c1CCN(CC(=O)O)C2.[NaH]. The Bertz CT molecular complexity index is 1220. The van der Waals surface area contributed by atoms with Crippen molar-refractivity contribution in [3.8, 4) is 34.7 Å². The maximum absolute atomic E-state index is 11.0. The predicted octanol–water partition coefficient (Wildman–Crippen LogP) is 3.17.